The number of carbonyl (C=O) groups excluding carboxylic acids is 4. The van der Waals surface area contributed by atoms with Gasteiger partial charge in [0.15, 0.2) is 10.3 Å². The number of benzene rings is 2. The van der Waals surface area contributed by atoms with Crippen molar-refractivity contribution in [3.05, 3.63) is 103 Å². The highest BCUT2D eigenvalue weighted by Gasteiger charge is 2.42. The molecule has 4 heterocycles. The van der Waals surface area contributed by atoms with Crippen LogP contribution in [-0.2, 0) is 44.4 Å². The fourth-order valence-electron chi connectivity index (χ4n) is 5.26. The molecule has 10 nitrogen and oxygen atoms in total. The van der Waals surface area contributed by atoms with Crippen LogP contribution < -0.4 is 10.6 Å². The molecule has 0 radical (unpaired) electrons. The Morgan fingerprint density at radius 3 is 1.43 bits per heavy atom. The van der Waals surface area contributed by atoms with Crippen LogP contribution in [0.1, 0.15) is 44.8 Å². The Morgan fingerprint density at radius 2 is 1.05 bits per heavy atom. The van der Waals surface area contributed by atoms with Crippen molar-refractivity contribution in [2.75, 3.05) is 23.7 Å². The van der Waals surface area contributed by atoms with Gasteiger partial charge < -0.3 is 10.6 Å². The van der Waals surface area contributed by atoms with Crippen molar-refractivity contribution in [2.24, 2.45) is 0 Å². The van der Waals surface area contributed by atoms with Crippen LogP contribution in [0.15, 0.2) is 70.7 Å². The van der Waals surface area contributed by atoms with Crippen LogP contribution in [0.3, 0.4) is 0 Å². The summed E-state index contributed by atoms with van der Waals surface area (Å²) in [5, 5.41) is 5.68. The molecule has 2 fully saturated rings. The molecule has 4 aromatic rings. The first-order valence-corrected chi connectivity index (χ1v) is 20.2. The van der Waals surface area contributed by atoms with E-state index in [1.807, 2.05) is 0 Å². The maximum Gasteiger partial charge on any atom is 0.416 e. The smallest absolute Gasteiger partial charge is 0.302 e. The number of alkyl halides is 6. The van der Waals surface area contributed by atoms with Crippen LogP contribution in [-0.4, -0.2) is 65.1 Å². The van der Waals surface area contributed by atoms with Crippen LogP contribution in [0, 0.1) is 0 Å². The number of rotatable bonds is 12. The molecule has 0 spiro atoms. The quantitative estimate of drug-likeness (QED) is 0.0820. The Hall–Kier alpha value is -4.22. The van der Waals surface area contributed by atoms with Gasteiger partial charge in [-0.25, -0.2) is 9.97 Å². The zero-order valence-corrected chi connectivity index (χ0v) is 33.1. The molecule has 22 heteroatoms. The zero-order chi connectivity index (χ0) is 40.4. The van der Waals surface area contributed by atoms with Crippen molar-refractivity contribution in [3.63, 3.8) is 0 Å². The molecule has 0 atom stereocenters. The Morgan fingerprint density at radius 1 is 0.661 bits per heavy atom. The van der Waals surface area contributed by atoms with Gasteiger partial charge in [0.05, 0.1) is 20.9 Å². The van der Waals surface area contributed by atoms with E-state index in [0.29, 0.717) is 20.9 Å². The first kappa shape index (κ1) is 41.4. The van der Waals surface area contributed by atoms with Crippen molar-refractivity contribution in [3.8, 4) is 0 Å². The van der Waals surface area contributed by atoms with Crippen molar-refractivity contribution in [1.82, 2.24) is 19.8 Å². The predicted molar refractivity (Wildman–Crippen MR) is 210 cm³/mol. The van der Waals surface area contributed by atoms with E-state index in [9.17, 15) is 45.5 Å². The van der Waals surface area contributed by atoms with Gasteiger partial charge in [0.2, 0.25) is 11.8 Å². The number of halogens is 6. The highest BCUT2D eigenvalue weighted by Crippen LogP contribution is 2.42. The molecule has 2 aliphatic rings. The van der Waals surface area contributed by atoms with Crippen LogP contribution >= 0.6 is 70.6 Å². The summed E-state index contributed by atoms with van der Waals surface area (Å²) in [5.41, 5.74) is -0.671. The number of hydrogen-bond acceptors (Lipinski definition) is 12. The molecular formula is C34H24F6N6O4S6. The largest absolute Gasteiger partial charge is 0.416 e. The van der Waals surface area contributed by atoms with Gasteiger partial charge in [-0.15, -0.1) is 22.7 Å². The normalized spacial score (nSPS) is 16.3. The average Bonchev–Trinajstić information content (AvgIpc) is 3.89. The molecule has 2 saturated heterocycles. The van der Waals surface area contributed by atoms with Gasteiger partial charge in [0, 0.05) is 60.9 Å². The Kier molecular flexibility index (Phi) is 12.6. The number of thiazole rings is 2. The molecule has 2 N–H and O–H groups in total. The summed E-state index contributed by atoms with van der Waals surface area (Å²) in [5.74, 6) is -2.16. The van der Waals surface area contributed by atoms with E-state index < -0.39 is 47.1 Å². The lowest BCUT2D eigenvalue weighted by Gasteiger charge is -2.14. The lowest BCUT2D eigenvalue weighted by molar-refractivity contribution is -0.138. The number of thioether (sulfide) groups is 2. The summed E-state index contributed by atoms with van der Waals surface area (Å²) < 4.78 is 78.6. The van der Waals surface area contributed by atoms with Gasteiger partial charge in [0.1, 0.15) is 8.64 Å². The van der Waals surface area contributed by atoms with Gasteiger partial charge in [0.25, 0.3) is 11.8 Å². The van der Waals surface area contributed by atoms with Crippen molar-refractivity contribution >= 4 is 113 Å². The molecule has 4 amide bonds. The van der Waals surface area contributed by atoms with E-state index in [1.165, 1.54) is 34.3 Å². The number of nitrogens with zero attached hydrogens (tertiary/aromatic N) is 4. The monoisotopic (exact) mass is 886 g/mol. The fourth-order valence-corrected chi connectivity index (χ4v) is 9.75. The summed E-state index contributed by atoms with van der Waals surface area (Å²) >= 11 is 14.7. The van der Waals surface area contributed by atoms with Crippen LogP contribution in [0.25, 0.3) is 0 Å². The summed E-state index contributed by atoms with van der Waals surface area (Å²) in [6.45, 7) is -0.220. The third-order valence-electron chi connectivity index (χ3n) is 7.89. The Balaban J connectivity index is 0.978. The first-order valence-electron chi connectivity index (χ1n) is 16.1. The van der Waals surface area contributed by atoms with Gasteiger partial charge in [-0.05, 0) is 23.3 Å². The third-order valence-corrected chi connectivity index (χ3v) is 12.7. The van der Waals surface area contributed by atoms with Crippen LogP contribution in [0.5, 0.6) is 0 Å². The summed E-state index contributed by atoms with van der Waals surface area (Å²) in [4.78, 5) is 64.1. The number of carbonyl (C=O) groups is 4. The molecular weight excluding hydrogens is 863 g/mol. The number of amides is 4. The van der Waals surface area contributed by atoms with Gasteiger partial charge in [-0.1, -0.05) is 84.4 Å². The molecule has 0 bridgehead atoms. The molecule has 0 saturated carbocycles. The second kappa shape index (κ2) is 17.1. The van der Waals surface area contributed by atoms with E-state index in [1.54, 1.807) is 12.1 Å². The first-order chi connectivity index (χ1) is 26.4. The summed E-state index contributed by atoms with van der Waals surface area (Å²) in [6.07, 6.45) is -6.03. The third kappa shape index (κ3) is 10.2. The molecule has 2 aromatic carbocycles. The van der Waals surface area contributed by atoms with E-state index in [2.05, 4.69) is 20.6 Å². The SMILES string of the molecule is O=C(CCN1C(=O)/C(=C2\SC(=S)N(CCC(=O)Nc3ncc(Cc4cccc(C(F)(F)F)c4)s3)C2=O)SC1=S)Nc1ncc(Cc2cccc(C(F)(F)F)c2)s1. The zero-order valence-electron chi connectivity index (χ0n) is 28.2. The highest BCUT2D eigenvalue weighted by atomic mass is 32.2. The van der Waals surface area contributed by atoms with E-state index in [4.69, 9.17) is 24.4 Å². The molecule has 56 heavy (non-hydrogen) atoms. The number of nitrogens with one attached hydrogen (secondary N) is 2. The van der Waals surface area contributed by atoms with Crippen molar-refractivity contribution in [1.29, 1.82) is 0 Å². The van der Waals surface area contributed by atoms with Gasteiger partial charge >= 0.3 is 12.4 Å². The van der Waals surface area contributed by atoms with Gasteiger partial charge in [-0.3, -0.25) is 29.0 Å². The molecule has 0 unspecified atom stereocenters. The topological polar surface area (TPSA) is 125 Å². The summed E-state index contributed by atoms with van der Waals surface area (Å²) in [7, 11) is 0. The van der Waals surface area contributed by atoms with E-state index in [0.717, 1.165) is 70.5 Å². The van der Waals surface area contributed by atoms with Crippen LogP contribution in [0.2, 0.25) is 0 Å². The minimum Gasteiger partial charge on any atom is -0.302 e. The molecule has 2 aromatic heterocycles. The second-order valence-electron chi connectivity index (χ2n) is 11.9. The fraction of sp³-hybridized carbons (Fsp3) is 0.235. The predicted octanol–water partition coefficient (Wildman–Crippen LogP) is 8.11. The van der Waals surface area contributed by atoms with Crippen molar-refractivity contribution < 1.29 is 45.5 Å². The van der Waals surface area contributed by atoms with E-state index >= 15 is 0 Å². The average molecular weight is 887 g/mol. The molecule has 6 rings (SSSR count). The highest BCUT2D eigenvalue weighted by molar-refractivity contribution is 8.29. The maximum absolute atomic E-state index is 13.3. The minimum atomic E-state index is -4.47. The Labute approximate surface area is 341 Å². The van der Waals surface area contributed by atoms with Crippen molar-refractivity contribution in [2.45, 2.75) is 38.0 Å². The van der Waals surface area contributed by atoms with Gasteiger partial charge in [-0.2, -0.15) is 26.3 Å². The lowest BCUT2D eigenvalue weighted by atomic mass is 10.1. The summed E-state index contributed by atoms with van der Waals surface area (Å²) in [6, 6.07) is 9.84. The van der Waals surface area contributed by atoms with E-state index in [-0.39, 0.29) is 67.5 Å². The number of thiocarbonyl (C=S) groups is 2. The number of aromatic nitrogens is 2. The maximum atomic E-state index is 13.3. The standard InChI is InChI=1S/C34H24F6N6O4S6/c35-33(36,37)19-5-1-3-17(11-19)13-21-15-41-29(53-21)43-23(47)7-9-45-27(49)25(55-31(45)51)26-28(50)46(32(52)56-26)10-8-24(48)44-30-42-16-22(54-30)14-18-4-2-6-20(12-18)34(38,39)40/h1-6,11-12,15-16H,7-10,13-14H2,(H,41,43,47)(H,42,44,48)/b26-25+. The van der Waals surface area contributed by atoms with Crippen LogP contribution in [0.4, 0.5) is 36.6 Å². The second-order valence-corrected chi connectivity index (χ2v) is 17.4. The number of hydrogen-bond donors (Lipinski definition) is 2. The molecule has 0 aliphatic carbocycles. The minimum absolute atomic E-state index is 0.0370. The number of anilines is 2. The Bertz CT molecular complexity index is 2120. The molecule has 292 valence electrons. The lowest BCUT2D eigenvalue weighted by Crippen LogP contribution is -2.33. The molecule has 2 aliphatic heterocycles.